The summed E-state index contributed by atoms with van der Waals surface area (Å²) in [6.45, 7) is 7.04. The number of benzene rings is 1. The highest BCUT2D eigenvalue weighted by Crippen LogP contribution is 2.43. The van der Waals surface area contributed by atoms with Gasteiger partial charge in [0, 0.05) is 26.1 Å². The zero-order chi connectivity index (χ0) is 16.8. The van der Waals surface area contributed by atoms with Crippen LogP contribution in [0.5, 0.6) is 0 Å². The second-order valence-corrected chi connectivity index (χ2v) is 6.78. The fraction of sp³-hybridized carbons (Fsp3) is 0.579. The van der Waals surface area contributed by atoms with E-state index in [9.17, 15) is 0 Å². The summed E-state index contributed by atoms with van der Waals surface area (Å²) in [4.78, 5) is 12.8. The maximum Gasteiger partial charge on any atom is 0.191 e. The first-order valence-corrected chi connectivity index (χ1v) is 9.20. The van der Waals surface area contributed by atoms with Crippen molar-refractivity contribution >= 4 is 41.0 Å². The first-order chi connectivity index (χ1) is 11.7. The van der Waals surface area contributed by atoms with Crippen LogP contribution in [0.1, 0.15) is 45.4 Å². The summed E-state index contributed by atoms with van der Waals surface area (Å²) in [6.07, 6.45) is 6.10. The minimum absolute atomic E-state index is 0. The molecule has 1 aromatic heterocycles. The van der Waals surface area contributed by atoms with Crippen LogP contribution in [0.25, 0.3) is 11.0 Å². The summed E-state index contributed by atoms with van der Waals surface area (Å²) in [6, 6.07) is 8.15. The molecule has 6 heteroatoms. The first-order valence-electron chi connectivity index (χ1n) is 9.20. The Bertz CT molecular complexity index is 651. The molecule has 0 atom stereocenters. The van der Waals surface area contributed by atoms with Gasteiger partial charge in [0.05, 0.1) is 11.0 Å². The van der Waals surface area contributed by atoms with E-state index in [1.54, 1.807) is 0 Å². The Kier molecular flexibility index (Phi) is 7.53. The normalized spacial score (nSPS) is 16.2. The van der Waals surface area contributed by atoms with Gasteiger partial charge in [-0.05, 0) is 43.7 Å². The van der Waals surface area contributed by atoms with Gasteiger partial charge in [-0.1, -0.05) is 25.5 Å². The van der Waals surface area contributed by atoms with Gasteiger partial charge in [-0.3, -0.25) is 4.99 Å². The Balaban J connectivity index is 0.00000225. The Morgan fingerprint density at radius 2 is 2.04 bits per heavy atom. The maximum absolute atomic E-state index is 4.82. The lowest BCUT2D eigenvalue weighted by atomic mass is 9.67. The molecule has 5 nitrogen and oxygen atoms in total. The molecule has 1 aromatic carbocycles. The van der Waals surface area contributed by atoms with Gasteiger partial charge in [0.2, 0.25) is 0 Å². The Labute approximate surface area is 167 Å². The van der Waals surface area contributed by atoms with Gasteiger partial charge in [-0.2, -0.15) is 0 Å². The van der Waals surface area contributed by atoms with E-state index >= 15 is 0 Å². The van der Waals surface area contributed by atoms with Crippen LogP contribution in [-0.2, 0) is 6.42 Å². The fourth-order valence-corrected chi connectivity index (χ4v) is 3.31. The number of aliphatic imine (C=N–C) groups is 1. The van der Waals surface area contributed by atoms with Crippen LogP contribution >= 0.6 is 24.0 Å². The molecule has 0 spiro atoms. The minimum Gasteiger partial charge on any atom is -0.357 e. The van der Waals surface area contributed by atoms with Gasteiger partial charge < -0.3 is 15.6 Å². The van der Waals surface area contributed by atoms with Crippen molar-refractivity contribution < 1.29 is 0 Å². The first kappa shape index (κ1) is 20.0. The number of imidazole rings is 1. The van der Waals surface area contributed by atoms with Crippen molar-refractivity contribution in [3.05, 3.63) is 30.1 Å². The SMILES string of the molecule is CCNC(=NCC1(CC)CCC1)NCCc1nc2ccccc2[nH]1.I. The summed E-state index contributed by atoms with van der Waals surface area (Å²) in [5.74, 6) is 1.94. The highest BCUT2D eigenvalue weighted by atomic mass is 127. The van der Waals surface area contributed by atoms with Crippen LogP contribution in [0, 0.1) is 5.41 Å². The maximum atomic E-state index is 4.82. The third-order valence-corrected chi connectivity index (χ3v) is 5.17. The molecule has 0 amide bonds. The summed E-state index contributed by atoms with van der Waals surface area (Å²) in [5.41, 5.74) is 2.59. The van der Waals surface area contributed by atoms with E-state index < -0.39 is 0 Å². The standard InChI is InChI=1S/C19H29N5.HI/c1-3-19(11-7-12-19)14-22-18(20-4-2)21-13-10-17-23-15-8-5-6-9-16(15)24-17;/h5-6,8-9H,3-4,7,10-14H2,1-2H3,(H,23,24)(H2,20,21,22);1H. The predicted molar refractivity (Wildman–Crippen MR) is 116 cm³/mol. The molecule has 1 fully saturated rings. The Morgan fingerprint density at radius 1 is 1.24 bits per heavy atom. The second kappa shape index (κ2) is 9.40. The number of halogens is 1. The van der Waals surface area contributed by atoms with Crippen molar-refractivity contribution in [2.24, 2.45) is 10.4 Å². The summed E-state index contributed by atoms with van der Waals surface area (Å²) in [5, 5.41) is 6.79. The molecule has 138 valence electrons. The van der Waals surface area contributed by atoms with Crippen molar-refractivity contribution in [3.63, 3.8) is 0 Å². The van der Waals surface area contributed by atoms with Crippen molar-refractivity contribution in [3.8, 4) is 0 Å². The van der Waals surface area contributed by atoms with Crippen LogP contribution < -0.4 is 10.6 Å². The van der Waals surface area contributed by atoms with Crippen molar-refractivity contribution in [2.45, 2.75) is 46.0 Å². The van der Waals surface area contributed by atoms with Gasteiger partial charge in [-0.15, -0.1) is 24.0 Å². The fourth-order valence-electron chi connectivity index (χ4n) is 3.31. The molecule has 3 N–H and O–H groups in total. The van der Waals surface area contributed by atoms with Crippen LogP contribution in [0.15, 0.2) is 29.3 Å². The number of fused-ring (bicyclic) bond motifs is 1. The van der Waals surface area contributed by atoms with Crippen LogP contribution in [0.3, 0.4) is 0 Å². The van der Waals surface area contributed by atoms with E-state index in [1.165, 1.54) is 25.7 Å². The minimum atomic E-state index is 0. The van der Waals surface area contributed by atoms with E-state index in [0.29, 0.717) is 5.41 Å². The largest absolute Gasteiger partial charge is 0.357 e. The van der Waals surface area contributed by atoms with Crippen LogP contribution in [-0.4, -0.2) is 35.6 Å². The summed E-state index contributed by atoms with van der Waals surface area (Å²) >= 11 is 0. The molecule has 1 saturated carbocycles. The predicted octanol–water partition coefficient (Wildman–Crippen LogP) is 3.86. The summed E-state index contributed by atoms with van der Waals surface area (Å²) < 4.78 is 0. The highest BCUT2D eigenvalue weighted by Gasteiger charge is 2.34. The molecular weight excluding hydrogens is 425 g/mol. The van der Waals surface area contributed by atoms with E-state index in [0.717, 1.165) is 48.9 Å². The van der Waals surface area contributed by atoms with Crippen LogP contribution in [0.2, 0.25) is 0 Å². The lowest BCUT2D eigenvalue weighted by Crippen LogP contribution is -2.40. The lowest BCUT2D eigenvalue weighted by Gasteiger charge is -2.40. The van der Waals surface area contributed by atoms with Gasteiger partial charge in [-0.25, -0.2) is 4.98 Å². The number of H-pyrrole nitrogens is 1. The average molecular weight is 455 g/mol. The topological polar surface area (TPSA) is 65.1 Å². The monoisotopic (exact) mass is 455 g/mol. The zero-order valence-electron chi connectivity index (χ0n) is 15.3. The molecule has 0 unspecified atom stereocenters. The Hall–Kier alpha value is -1.31. The number of nitrogens with zero attached hydrogens (tertiary/aromatic N) is 2. The highest BCUT2D eigenvalue weighted by molar-refractivity contribution is 14.0. The van der Waals surface area contributed by atoms with Crippen molar-refractivity contribution in [1.29, 1.82) is 0 Å². The van der Waals surface area contributed by atoms with Gasteiger partial charge in [0.25, 0.3) is 0 Å². The molecule has 0 bridgehead atoms. The molecule has 1 aliphatic carbocycles. The van der Waals surface area contributed by atoms with Gasteiger partial charge >= 0.3 is 0 Å². The van der Waals surface area contributed by atoms with Gasteiger partial charge in [0.1, 0.15) is 5.82 Å². The number of hydrogen-bond acceptors (Lipinski definition) is 2. The molecule has 2 aromatic rings. The summed E-state index contributed by atoms with van der Waals surface area (Å²) in [7, 11) is 0. The molecule has 0 radical (unpaired) electrons. The van der Waals surface area contributed by atoms with E-state index in [4.69, 9.17) is 4.99 Å². The zero-order valence-corrected chi connectivity index (χ0v) is 17.6. The van der Waals surface area contributed by atoms with E-state index in [1.807, 2.05) is 18.2 Å². The number of para-hydroxylation sites is 2. The third-order valence-electron chi connectivity index (χ3n) is 5.17. The molecular formula is C19H30IN5. The number of hydrogen-bond donors (Lipinski definition) is 3. The van der Waals surface area contributed by atoms with Crippen LogP contribution in [0.4, 0.5) is 0 Å². The Morgan fingerprint density at radius 3 is 2.68 bits per heavy atom. The van der Waals surface area contributed by atoms with Crippen molar-refractivity contribution in [1.82, 2.24) is 20.6 Å². The number of rotatable bonds is 7. The number of nitrogens with one attached hydrogen (secondary N) is 3. The second-order valence-electron chi connectivity index (χ2n) is 6.78. The number of aromatic nitrogens is 2. The molecule has 3 rings (SSSR count). The quantitative estimate of drug-likeness (QED) is 0.338. The third kappa shape index (κ3) is 5.09. The molecule has 0 aliphatic heterocycles. The average Bonchev–Trinajstić information content (AvgIpc) is 2.97. The molecule has 1 heterocycles. The number of aromatic amines is 1. The van der Waals surface area contributed by atoms with Crippen molar-refractivity contribution in [2.75, 3.05) is 19.6 Å². The molecule has 25 heavy (non-hydrogen) atoms. The van der Waals surface area contributed by atoms with E-state index in [-0.39, 0.29) is 24.0 Å². The molecule has 0 saturated heterocycles. The lowest BCUT2D eigenvalue weighted by molar-refractivity contribution is 0.139. The number of guanidine groups is 1. The van der Waals surface area contributed by atoms with E-state index in [2.05, 4.69) is 40.5 Å². The smallest absolute Gasteiger partial charge is 0.191 e. The molecule has 1 aliphatic rings. The van der Waals surface area contributed by atoms with Gasteiger partial charge in [0.15, 0.2) is 5.96 Å².